The zero-order valence-corrected chi connectivity index (χ0v) is 12.2. The number of nitrogens with one attached hydrogen (secondary N) is 1. The number of halogens is 2. The van der Waals surface area contributed by atoms with Crippen molar-refractivity contribution in [2.75, 3.05) is 11.9 Å². The van der Waals surface area contributed by atoms with Crippen molar-refractivity contribution in [3.8, 4) is 0 Å². The van der Waals surface area contributed by atoms with E-state index in [4.69, 9.17) is 11.6 Å². The smallest absolute Gasteiger partial charge is 0.326 e. The van der Waals surface area contributed by atoms with Gasteiger partial charge in [0.1, 0.15) is 11.9 Å². The minimum Gasteiger partial charge on any atom is -0.480 e. The standard InChI is InChI=1S/C14H16ClFN2O3/c1-8-4-5-18(12(6-8)13(19)20)14(21)17-11-3-2-9(15)7-10(11)16/h2-3,7-8,12H,4-6H2,1H3,(H,17,21)(H,19,20). The second-order valence-corrected chi connectivity index (χ2v) is 5.67. The fourth-order valence-corrected chi connectivity index (χ4v) is 2.56. The highest BCUT2D eigenvalue weighted by molar-refractivity contribution is 6.30. The molecule has 0 radical (unpaired) electrons. The first-order chi connectivity index (χ1) is 9.88. The third-order valence-electron chi connectivity index (χ3n) is 3.58. The molecule has 0 bridgehead atoms. The topological polar surface area (TPSA) is 69.6 Å². The van der Waals surface area contributed by atoms with Gasteiger partial charge in [-0.2, -0.15) is 0 Å². The molecule has 0 spiro atoms. The van der Waals surface area contributed by atoms with Crippen molar-refractivity contribution >= 4 is 29.3 Å². The Kier molecular flexibility index (Phi) is 4.67. The summed E-state index contributed by atoms with van der Waals surface area (Å²) in [5.74, 6) is -1.47. The lowest BCUT2D eigenvalue weighted by Crippen LogP contribution is -2.51. The molecule has 2 rings (SSSR count). The number of carbonyl (C=O) groups excluding carboxylic acids is 1. The molecular weight excluding hydrogens is 299 g/mol. The number of aliphatic carboxylic acids is 1. The van der Waals surface area contributed by atoms with Gasteiger partial charge in [-0.25, -0.2) is 14.0 Å². The van der Waals surface area contributed by atoms with Gasteiger partial charge in [-0.1, -0.05) is 18.5 Å². The molecule has 0 saturated carbocycles. The zero-order chi connectivity index (χ0) is 15.6. The lowest BCUT2D eigenvalue weighted by molar-refractivity contribution is -0.143. The third kappa shape index (κ3) is 3.64. The Morgan fingerprint density at radius 2 is 2.19 bits per heavy atom. The average molecular weight is 315 g/mol. The fraction of sp³-hybridized carbons (Fsp3) is 0.429. The number of nitrogens with zero attached hydrogens (tertiary/aromatic N) is 1. The number of hydrogen-bond acceptors (Lipinski definition) is 2. The SMILES string of the molecule is CC1CCN(C(=O)Nc2ccc(Cl)cc2F)C(C(=O)O)C1. The first kappa shape index (κ1) is 15.6. The van der Waals surface area contributed by atoms with E-state index in [1.165, 1.54) is 17.0 Å². The predicted molar refractivity (Wildman–Crippen MR) is 77.0 cm³/mol. The van der Waals surface area contributed by atoms with Crippen LogP contribution in [0, 0.1) is 11.7 Å². The van der Waals surface area contributed by atoms with Crippen LogP contribution >= 0.6 is 11.6 Å². The van der Waals surface area contributed by atoms with E-state index < -0.39 is 23.9 Å². The molecule has 7 heteroatoms. The van der Waals surface area contributed by atoms with Crippen molar-refractivity contribution < 1.29 is 19.1 Å². The summed E-state index contributed by atoms with van der Waals surface area (Å²) < 4.78 is 13.7. The Morgan fingerprint density at radius 3 is 2.81 bits per heavy atom. The van der Waals surface area contributed by atoms with Crippen LogP contribution < -0.4 is 5.32 Å². The summed E-state index contributed by atoms with van der Waals surface area (Å²) >= 11 is 5.64. The summed E-state index contributed by atoms with van der Waals surface area (Å²) in [5, 5.41) is 11.8. The van der Waals surface area contributed by atoms with E-state index in [-0.39, 0.29) is 16.6 Å². The summed E-state index contributed by atoms with van der Waals surface area (Å²) in [6.45, 7) is 2.28. The Balaban J connectivity index is 2.13. The van der Waals surface area contributed by atoms with Crippen LogP contribution in [0.25, 0.3) is 0 Å². The third-order valence-corrected chi connectivity index (χ3v) is 3.82. The minimum atomic E-state index is -1.05. The number of rotatable bonds is 2. The van der Waals surface area contributed by atoms with Crippen molar-refractivity contribution in [2.24, 2.45) is 5.92 Å². The molecule has 1 heterocycles. The van der Waals surface area contributed by atoms with E-state index in [2.05, 4.69) is 5.32 Å². The molecule has 1 aromatic rings. The number of likely N-dealkylation sites (tertiary alicyclic amines) is 1. The van der Waals surface area contributed by atoms with Crippen LogP contribution in [0.3, 0.4) is 0 Å². The number of piperidine rings is 1. The maximum absolute atomic E-state index is 13.7. The number of carbonyl (C=O) groups is 2. The highest BCUT2D eigenvalue weighted by atomic mass is 35.5. The van der Waals surface area contributed by atoms with Crippen LogP contribution in [-0.4, -0.2) is 34.6 Å². The van der Waals surface area contributed by atoms with E-state index in [9.17, 15) is 19.1 Å². The number of amides is 2. The summed E-state index contributed by atoms with van der Waals surface area (Å²) in [5.41, 5.74) is -0.0211. The van der Waals surface area contributed by atoms with Gasteiger partial charge in [-0.05, 0) is 37.0 Å². The number of hydrogen-bond donors (Lipinski definition) is 2. The van der Waals surface area contributed by atoms with E-state index in [1.807, 2.05) is 6.92 Å². The lowest BCUT2D eigenvalue weighted by atomic mass is 9.93. The molecular formula is C14H16ClFN2O3. The maximum atomic E-state index is 13.7. The van der Waals surface area contributed by atoms with Crippen LogP contribution in [0.2, 0.25) is 5.02 Å². The number of carboxylic acids is 1. The normalized spacial score (nSPS) is 22.0. The molecule has 2 amide bonds. The van der Waals surface area contributed by atoms with Gasteiger partial charge in [0, 0.05) is 11.6 Å². The number of anilines is 1. The second-order valence-electron chi connectivity index (χ2n) is 5.23. The molecule has 1 saturated heterocycles. The molecule has 1 aliphatic heterocycles. The fourth-order valence-electron chi connectivity index (χ4n) is 2.40. The zero-order valence-electron chi connectivity index (χ0n) is 11.5. The Hall–Kier alpha value is -1.82. The monoisotopic (exact) mass is 314 g/mol. The summed E-state index contributed by atoms with van der Waals surface area (Å²) in [6, 6.07) is 2.38. The van der Waals surface area contributed by atoms with E-state index in [1.54, 1.807) is 0 Å². The predicted octanol–water partition coefficient (Wildman–Crippen LogP) is 3.20. The molecule has 0 aliphatic carbocycles. The van der Waals surface area contributed by atoms with Crippen molar-refractivity contribution in [1.29, 1.82) is 0 Å². The first-order valence-electron chi connectivity index (χ1n) is 6.64. The van der Waals surface area contributed by atoms with Gasteiger partial charge in [0.25, 0.3) is 0 Å². The van der Waals surface area contributed by atoms with Crippen LogP contribution in [0.1, 0.15) is 19.8 Å². The van der Waals surface area contributed by atoms with Crippen LogP contribution in [0.4, 0.5) is 14.9 Å². The highest BCUT2D eigenvalue weighted by Crippen LogP contribution is 2.25. The number of urea groups is 1. The Labute approximate surface area is 126 Å². The molecule has 1 aliphatic rings. The van der Waals surface area contributed by atoms with Crippen molar-refractivity contribution in [3.05, 3.63) is 29.0 Å². The summed E-state index contributed by atoms with van der Waals surface area (Å²) in [4.78, 5) is 24.7. The lowest BCUT2D eigenvalue weighted by Gasteiger charge is -2.35. The van der Waals surface area contributed by atoms with Gasteiger partial charge >= 0.3 is 12.0 Å². The molecule has 2 unspecified atom stereocenters. The number of benzene rings is 1. The van der Waals surface area contributed by atoms with Gasteiger partial charge in [0.05, 0.1) is 5.69 Å². The molecule has 0 aromatic heterocycles. The van der Waals surface area contributed by atoms with Gasteiger partial charge in [-0.15, -0.1) is 0 Å². The van der Waals surface area contributed by atoms with E-state index >= 15 is 0 Å². The van der Waals surface area contributed by atoms with Gasteiger partial charge in [0.15, 0.2) is 0 Å². The number of carboxylic acid groups (broad SMARTS) is 1. The second kappa shape index (κ2) is 6.30. The largest absolute Gasteiger partial charge is 0.480 e. The average Bonchev–Trinajstić information content (AvgIpc) is 2.41. The molecule has 21 heavy (non-hydrogen) atoms. The van der Waals surface area contributed by atoms with E-state index in [0.29, 0.717) is 13.0 Å². The molecule has 1 fully saturated rings. The molecule has 2 N–H and O–H groups in total. The molecule has 5 nitrogen and oxygen atoms in total. The Morgan fingerprint density at radius 1 is 1.48 bits per heavy atom. The quantitative estimate of drug-likeness (QED) is 0.880. The molecule has 1 aromatic carbocycles. The van der Waals surface area contributed by atoms with Gasteiger partial charge in [0.2, 0.25) is 0 Å². The summed E-state index contributed by atoms with van der Waals surface area (Å²) in [7, 11) is 0. The van der Waals surface area contributed by atoms with Crippen molar-refractivity contribution in [1.82, 2.24) is 4.90 Å². The minimum absolute atomic E-state index is 0.0211. The first-order valence-corrected chi connectivity index (χ1v) is 7.01. The van der Waals surface area contributed by atoms with Gasteiger partial charge < -0.3 is 15.3 Å². The van der Waals surface area contributed by atoms with Crippen LogP contribution in [0.15, 0.2) is 18.2 Å². The van der Waals surface area contributed by atoms with E-state index in [0.717, 1.165) is 12.5 Å². The maximum Gasteiger partial charge on any atom is 0.326 e. The Bertz CT molecular complexity index is 567. The van der Waals surface area contributed by atoms with Crippen LogP contribution in [0.5, 0.6) is 0 Å². The van der Waals surface area contributed by atoms with Crippen molar-refractivity contribution in [3.63, 3.8) is 0 Å². The summed E-state index contributed by atoms with van der Waals surface area (Å²) in [6.07, 6.45) is 1.12. The molecule has 2 atom stereocenters. The molecule has 114 valence electrons. The highest BCUT2D eigenvalue weighted by Gasteiger charge is 2.34. The van der Waals surface area contributed by atoms with Gasteiger partial charge in [-0.3, -0.25) is 0 Å². The van der Waals surface area contributed by atoms with Crippen LogP contribution in [-0.2, 0) is 4.79 Å². The van der Waals surface area contributed by atoms with Crippen molar-refractivity contribution in [2.45, 2.75) is 25.8 Å².